The van der Waals surface area contributed by atoms with Gasteiger partial charge >= 0.3 is 0 Å². The molecule has 1 heterocycles. The second-order valence-electron chi connectivity index (χ2n) is 7.03. The number of thioether (sulfide) groups is 1. The third-order valence-electron chi connectivity index (χ3n) is 4.73. The van der Waals surface area contributed by atoms with E-state index in [-0.39, 0.29) is 11.7 Å². The molecule has 0 bridgehead atoms. The lowest BCUT2D eigenvalue weighted by Crippen LogP contribution is -2.15. The van der Waals surface area contributed by atoms with Crippen LogP contribution in [-0.2, 0) is 11.2 Å². The zero-order chi connectivity index (χ0) is 21.6. The first-order valence-corrected chi connectivity index (χ1v) is 11.2. The number of nitrogens with one attached hydrogen (secondary N) is 1. The predicted molar refractivity (Wildman–Crippen MR) is 126 cm³/mol. The van der Waals surface area contributed by atoms with Gasteiger partial charge in [0, 0.05) is 22.8 Å². The topological polar surface area (TPSA) is 59.8 Å². The van der Waals surface area contributed by atoms with Crippen LogP contribution in [0.5, 0.6) is 0 Å². The van der Waals surface area contributed by atoms with Gasteiger partial charge in [0.1, 0.15) is 5.82 Å². The van der Waals surface area contributed by atoms with E-state index >= 15 is 0 Å². The van der Waals surface area contributed by atoms with Gasteiger partial charge in [-0.1, -0.05) is 78.0 Å². The molecule has 0 unspecified atom stereocenters. The molecule has 156 valence electrons. The van der Waals surface area contributed by atoms with Crippen molar-refractivity contribution in [3.8, 4) is 5.69 Å². The lowest BCUT2D eigenvalue weighted by molar-refractivity contribution is -0.113. The molecule has 0 saturated carbocycles. The van der Waals surface area contributed by atoms with Crippen LogP contribution in [0.1, 0.15) is 17.0 Å². The summed E-state index contributed by atoms with van der Waals surface area (Å²) >= 11 is 7.41. The molecule has 0 aliphatic heterocycles. The quantitative estimate of drug-likeness (QED) is 0.376. The second kappa shape index (κ2) is 9.81. The van der Waals surface area contributed by atoms with Crippen molar-refractivity contribution in [1.29, 1.82) is 0 Å². The first-order valence-electron chi connectivity index (χ1n) is 9.82. The Balaban J connectivity index is 1.54. The van der Waals surface area contributed by atoms with E-state index in [1.807, 2.05) is 66.1 Å². The van der Waals surface area contributed by atoms with E-state index in [2.05, 4.69) is 27.6 Å². The molecule has 0 spiro atoms. The van der Waals surface area contributed by atoms with Gasteiger partial charge in [0.2, 0.25) is 5.91 Å². The number of nitrogens with zero attached hydrogens (tertiary/aromatic N) is 3. The fourth-order valence-corrected chi connectivity index (χ4v) is 4.11. The van der Waals surface area contributed by atoms with Gasteiger partial charge in [-0.05, 0) is 42.3 Å². The van der Waals surface area contributed by atoms with Crippen molar-refractivity contribution in [3.63, 3.8) is 0 Å². The van der Waals surface area contributed by atoms with Crippen molar-refractivity contribution in [2.24, 2.45) is 0 Å². The van der Waals surface area contributed by atoms with Gasteiger partial charge in [-0.25, -0.2) is 0 Å². The number of para-hydroxylation sites is 1. The molecule has 0 fully saturated rings. The Hall–Kier alpha value is -3.09. The Morgan fingerprint density at radius 3 is 2.45 bits per heavy atom. The number of halogens is 1. The van der Waals surface area contributed by atoms with Gasteiger partial charge in [-0.15, -0.1) is 10.2 Å². The smallest absolute Gasteiger partial charge is 0.234 e. The molecule has 4 aromatic rings. The van der Waals surface area contributed by atoms with Crippen LogP contribution in [-0.4, -0.2) is 26.4 Å². The summed E-state index contributed by atoms with van der Waals surface area (Å²) in [5.41, 5.74) is 3.79. The average Bonchev–Trinajstić information content (AvgIpc) is 3.18. The maximum atomic E-state index is 12.6. The van der Waals surface area contributed by atoms with Crippen molar-refractivity contribution in [1.82, 2.24) is 14.8 Å². The fourth-order valence-electron chi connectivity index (χ4n) is 3.17. The first-order chi connectivity index (χ1) is 15.1. The van der Waals surface area contributed by atoms with Crippen LogP contribution >= 0.6 is 23.4 Å². The largest absolute Gasteiger partial charge is 0.325 e. The van der Waals surface area contributed by atoms with E-state index in [1.54, 1.807) is 12.1 Å². The molecule has 7 heteroatoms. The number of anilines is 1. The molecule has 0 saturated heterocycles. The number of amides is 1. The molecule has 3 aromatic carbocycles. The summed E-state index contributed by atoms with van der Waals surface area (Å²) in [6.07, 6.45) is 0.650. The molecule has 5 nitrogen and oxygen atoms in total. The number of rotatable bonds is 7. The Morgan fingerprint density at radius 1 is 1.00 bits per heavy atom. The number of aryl methyl sites for hydroxylation is 1. The fraction of sp³-hybridized carbons (Fsp3) is 0.125. The minimum atomic E-state index is -0.123. The average molecular weight is 449 g/mol. The molecule has 0 radical (unpaired) electrons. The van der Waals surface area contributed by atoms with Gasteiger partial charge in [-0.3, -0.25) is 9.36 Å². The normalized spacial score (nSPS) is 10.8. The highest BCUT2D eigenvalue weighted by molar-refractivity contribution is 7.99. The Labute approximate surface area is 190 Å². The molecule has 0 aliphatic rings. The maximum absolute atomic E-state index is 12.6. The van der Waals surface area contributed by atoms with Crippen molar-refractivity contribution in [2.75, 3.05) is 11.1 Å². The molecule has 1 N–H and O–H groups in total. The zero-order valence-corrected chi connectivity index (χ0v) is 18.5. The summed E-state index contributed by atoms with van der Waals surface area (Å²) in [7, 11) is 0. The van der Waals surface area contributed by atoms with Gasteiger partial charge in [0.25, 0.3) is 0 Å². The van der Waals surface area contributed by atoms with Crippen molar-refractivity contribution < 1.29 is 4.79 Å². The van der Waals surface area contributed by atoms with Crippen LogP contribution in [0.3, 0.4) is 0 Å². The Morgan fingerprint density at radius 2 is 1.71 bits per heavy atom. The number of hydrogen-bond acceptors (Lipinski definition) is 4. The van der Waals surface area contributed by atoms with Crippen LogP contribution in [0.2, 0.25) is 5.02 Å². The summed E-state index contributed by atoms with van der Waals surface area (Å²) in [5.74, 6) is 0.913. The summed E-state index contributed by atoms with van der Waals surface area (Å²) in [6.45, 7) is 1.93. The maximum Gasteiger partial charge on any atom is 0.234 e. The number of carbonyl (C=O) groups excluding carboxylic acids is 1. The third kappa shape index (κ3) is 5.34. The van der Waals surface area contributed by atoms with Crippen LogP contribution in [0.25, 0.3) is 5.69 Å². The lowest BCUT2D eigenvalue weighted by atomic mass is 10.1. The van der Waals surface area contributed by atoms with Crippen molar-refractivity contribution in [2.45, 2.75) is 18.5 Å². The zero-order valence-electron chi connectivity index (χ0n) is 17.0. The summed E-state index contributed by atoms with van der Waals surface area (Å²) in [5, 5.41) is 13.0. The van der Waals surface area contributed by atoms with Gasteiger partial charge in [0.15, 0.2) is 5.16 Å². The predicted octanol–water partition coefficient (Wildman–Crippen LogP) is 5.55. The first kappa shape index (κ1) is 21.2. The summed E-state index contributed by atoms with van der Waals surface area (Å²) < 4.78 is 2.01. The summed E-state index contributed by atoms with van der Waals surface area (Å²) in [4.78, 5) is 12.6. The molecule has 0 aliphatic carbocycles. The van der Waals surface area contributed by atoms with Crippen molar-refractivity contribution in [3.05, 3.63) is 101 Å². The van der Waals surface area contributed by atoms with E-state index < -0.39 is 0 Å². The molecule has 0 atom stereocenters. The number of carbonyl (C=O) groups is 1. The van der Waals surface area contributed by atoms with E-state index in [1.165, 1.54) is 11.8 Å². The minimum absolute atomic E-state index is 0.123. The highest BCUT2D eigenvalue weighted by Gasteiger charge is 2.16. The summed E-state index contributed by atoms with van der Waals surface area (Å²) in [6, 6.07) is 25.5. The van der Waals surface area contributed by atoms with E-state index in [0.29, 0.717) is 22.3 Å². The van der Waals surface area contributed by atoms with Gasteiger partial charge in [0.05, 0.1) is 5.75 Å². The van der Waals surface area contributed by atoms with Crippen LogP contribution in [0, 0.1) is 6.92 Å². The number of benzene rings is 3. The molecule has 1 amide bonds. The SMILES string of the molecule is Cc1ccc(Cl)cc1NC(=O)CSc1nnc(Cc2ccccc2)n1-c1ccccc1. The number of aromatic nitrogens is 3. The number of hydrogen-bond donors (Lipinski definition) is 1. The van der Waals surface area contributed by atoms with Crippen molar-refractivity contribution >= 4 is 35.0 Å². The molecule has 1 aromatic heterocycles. The molecule has 31 heavy (non-hydrogen) atoms. The molecular weight excluding hydrogens is 428 g/mol. The van der Waals surface area contributed by atoms with Gasteiger partial charge in [-0.2, -0.15) is 0 Å². The molecule has 4 rings (SSSR count). The minimum Gasteiger partial charge on any atom is -0.325 e. The van der Waals surface area contributed by atoms with E-state index in [0.717, 1.165) is 22.6 Å². The second-order valence-corrected chi connectivity index (χ2v) is 8.41. The van der Waals surface area contributed by atoms with Crippen LogP contribution in [0.4, 0.5) is 5.69 Å². The monoisotopic (exact) mass is 448 g/mol. The highest BCUT2D eigenvalue weighted by Crippen LogP contribution is 2.25. The lowest BCUT2D eigenvalue weighted by Gasteiger charge is -2.11. The van der Waals surface area contributed by atoms with Crippen LogP contribution < -0.4 is 5.32 Å². The Bertz CT molecular complexity index is 1180. The standard InChI is InChI=1S/C24H21ClN4OS/c1-17-12-13-19(25)15-21(17)26-23(30)16-31-24-28-27-22(14-18-8-4-2-5-9-18)29(24)20-10-6-3-7-11-20/h2-13,15H,14,16H2,1H3,(H,26,30). The van der Waals surface area contributed by atoms with Crippen LogP contribution in [0.15, 0.2) is 84.0 Å². The molecular formula is C24H21ClN4OS. The third-order valence-corrected chi connectivity index (χ3v) is 5.89. The van der Waals surface area contributed by atoms with E-state index in [9.17, 15) is 4.79 Å². The van der Waals surface area contributed by atoms with Gasteiger partial charge < -0.3 is 5.32 Å². The highest BCUT2D eigenvalue weighted by atomic mass is 35.5. The van der Waals surface area contributed by atoms with E-state index in [4.69, 9.17) is 11.6 Å². The Kier molecular flexibility index (Phi) is 6.70.